The summed E-state index contributed by atoms with van der Waals surface area (Å²) in [5, 5.41) is 0. The largest absolute Gasteiger partial charge is 0.374 e. The molecular weight excluding hydrogens is 287 g/mol. The van der Waals surface area contributed by atoms with Gasteiger partial charge in [-0.25, -0.2) is 0 Å². The lowest BCUT2D eigenvalue weighted by Crippen LogP contribution is -2.38. The number of rotatable bonds is 5. The van der Waals surface area contributed by atoms with Crippen molar-refractivity contribution in [3.05, 3.63) is 0 Å². The molecule has 1 aliphatic carbocycles. The van der Waals surface area contributed by atoms with E-state index in [1.807, 2.05) is 0 Å². The van der Waals surface area contributed by atoms with Crippen LogP contribution in [0.3, 0.4) is 0 Å². The summed E-state index contributed by atoms with van der Waals surface area (Å²) in [4.78, 5) is 0. The summed E-state index contributed by atoms with van der Waals surface area (Å²) < 4.78 is 7.10. The third-order valence-electron chi connectivity index (χ3n) is 3.41. The van der Waals surface area contributed by atoms with Crippen LogP contribution >= 0.6 is 22.6 Å². The van der Waals surface area contributed by atoms with E-state index in [4.69, 9.17) is 4.74 Å². The molecule has 1 rings (SSSR count). The SMILES string of the molecule is CCCC1CCC(CI)(OCC)CC1. The van der Waals surface area contributed by atoms with Crippen LogP contribution < -0.4 is 0 Å². The summed E-state index contributed by atoms with van der Waals surface area (Å²) >= 11 is 2.49. The molecule has 0 unspecified atom stereocenters. The van der Waals surface area contributed by atoms with Crippen LogP contribution in [0.25, 0.3) is 0 Å². The van der Waals surface area contributed by atoms with Gasteiger partial charge in [-0.1, -0.05) is 42.4 Å². The standard InChI is InChI=1S/C12H23IO/c1-3-5-11-6-8-12(10-13,9-7-11)14-4-2/h11H,3-10H2,1-2H3. The van der Waals surface area contributed by atoms with Gasteiger partial charge >= 0.3 is 0 Å². The Labute approximate surface area is 102 Å². The zero-order valence-electron chi connectivity index (χ0n) is 9.52. The summed E-state index contributed by atoms with van der Waals surface area (Å²) in [6, 6.07) is 0. The summed E-state index contributed by atoms with van der Waals surface area (Å²) in [6.07, 6.45) is 8.11. The van der Waals surface area contributed by atoms with E-state index in [-0.39, 0.29) is 5.60 Å². The Morgan fingerprint density at radius 2 is 1.93 bits per heavy atom. The van der Waals surface area contributed by atoms with Crippen molar-refractivity contribution in [2.45, 2.75) is 58.0 Å². The van der Waals surface area contributed by atoms with E-state index in [0.717, 1.165) is 17.0 Å². The number of alkyl halides is 1. The molecule has 1 aliphatic rings. The highest BCUT2D eigenvalue weighted by molar-refractivity contribution is 14.1. The Bertz CT molecular complexity index is 150. The molecule has 0 aromatic carbocycles. The molecule has 0 aromatic heterocycles. The Kier molecular flexibility index (Phi) is 5.75. The predicted octanol–water partition coefficient (Wildman–Crippen LogP) is 4.19. The van der Waals surface area contributed by atoms with Gasteiger partial charge in [-0.3, -0.25) is 0 Å². The fourth-order valence-corrected chi connectivity index (χ4v) is 3.51. The van der Waals surface area contributed by atoms with Gasteiger partial charge in [0, 0.05) is 11.0 Å². The van der Waals surface area contributed by atoms with Crippen molar-refractivity contribution < 1.29 is 4.74 Å². The van der Waals surface area contributed by atoms with Crippen LogP contribution in [0, 0.1) is 5.92 Å². The molecule has 2 heteroatoms. The van der Waals surface area contributed by atoms with Gasteiger partial charge in [0.05, 0.1) is 5.60 Å². The Balaban J connectivity index is 2.38. The molecule has 0 saturated heterocycles. The van der Waals surface area contributed by atoms with Gasteiger partial charge in [0.15, 0.2) is 0 Å². The van der Waals surface area contributed by atoms with E-state index in [1.54, 1.807) is 0 Å². The van der Waals surface area contributed by atoms with Crippen molar-refractivity contribution in [2.24, 2.45) is 5.92 Å². The molecule has 1 fully saturated rings. The lowest BCUT2D eigenvalue weighted by atomic mass is 9.78. The van der Waals surface area contributed by atoms with E-state index in [9.17, 15) is 0 Å². The first-order valence-corrected chi connectivity index (χ1v) is 7.49. The summed E-state index contributed by atoms with van der Waals surface area (Å²) in [5.41, 5.74) is 0.236. The number of hydrogen-bond acceptors (Lipinski definition) is 1. The zero-order valence-corrected chi connectivity index (χ0v) is 11.7. The third kappa shape index (κ3) is 3.37. The van der Waals surface area contributed by atoms with Gasteiger partial charge in [0.2, 0.25) is 0 Å². The molecule has 14 heavy (non-hydrogen) atoms. The normalized spacial score (nSPS) is 33.2. The van der Waals surface area contributed by atoms with Crippen LogP contribution in [0.2, 0.25) is 0 Å². The second-order valence-corrected chi connectivity index (χ2v) is 5.24. The van der Waals surface area contributed by atoms with Crippen LogP contribution in [0.15, 0.2) is 0 Å². The van der Waals surface area contributed by atoms with Gasteiger partial charge in [0.1, 0.15) is 0 Å². The zero-order chi connectivity index (χ0) is 10.4. The van der Waals surface area contributed by atoms with E-state index < -0.39 is 0 Å². The lowest BCUT2D eigenvalue weighted by molar-refractivity contribution is -0.0535. The molecule has 0 N–H and O–H groups in total. The molecule has 0 heterocycles. The van der Waals surface area contributed by atoms with Gasteiger partial charge < -0.3 is 4.74 Å². The van der Waals surface area contributed by atoms with Crippen molar-refractivity contribution in [2.75, 3.05) is 11.0 Å². The first-order valence-electron chi connectivity index (χ1n) is 5.96. The summed E-state index contributed by atoms with van der Waals surface area (Å²) in [6.45, 7) is 5.29. The molecule has 0 radical (unpaired) electrons. The predicted molar refractivity (Wildman–Crippen MR) is 70.1 cm³/mol. The fraction of sp³-hybridized carbons (Fsp3) is 1.00. The molecule has 0 aromatic rings. The molecule has 1 nitrogen and oxygen atoms in total. The van der Waals surface area contributed by atoms with Crippen LogP contribution in [-0.2, 0) is 4.74 Å². The molecule has 0 bridgehead atoms. The maximum atomic E-state index is 5.94. The van der Waals surface area contributed by atoms with Crippen molar-refractivity contribution in [3.63, 3.8) is 0 Å². The minimum Gasteiger partial charge on any atom is -0.374 e. The summed E-state index contributed by atoms with van der Waals surface area (Å²) in [7, 11) is 0. The monoisotopic (exact) mass is 310 g/mol. The minimum atomic E-state index is 0.236. The Morgan fingerprint density at radius 3 is 2.36 bits per heavy atom. The Morgan fingerprint density at radius 1 is 1.29 bits per heavy atom. The van der Waals surface area contributed by atoms with Crippen molar-refractivity contribution in [1.82, 2.24) is 0 Å². The molecule has 0 atom stereocenters. The highest BCUT2D eigenvalue weighted by Crippen LogP contribution is 2.37. The van der Waals surface area contributed by atoms with Gasteiger partial charge in [-0.15, -0.1) is 0 Å². The first-order chi connectivity index (χ1) is 6.76. The van der Waals surface area contributed by atoms with E-state index in [2.05, 4.69) is 36.4 Å². The third-order valence-corrected chi connectivity index (χ3v) is 4.80. The topological polar surface area (TPSA) is 9.23 Å². The lowest BCUT2D eigenvalue weighted by Gasteiger charge is -2.38. The van der Waals surface area contributed by atoms with Crippen molar-refractivity contribution >= 4 is 22.6 Å². The van der Waals surface area contributed by atoms with E-state index in [1.165, 1.54) is 38.5 Å². The first kappa shape index (κ1) is 12.8. The fourth-order valence-electron chi connectivity index (χ4n) is 2.52. The number of ether oxygens (including phenoxy) is 1. The maximum Gasteiger partial charge on any atom is 0.0771 e. The van der Waals surface area contributed by atoms with Crippen molar-refractivity contribution in [1.29, 1.82) is 0 Å². The van der Waals surface area contributed by atoms with Gasteiger partial charge in [0.25, 0.3) is 0 Å². The average Bonchev–Trinajstić information content (AvgIpc) is 2.22. The molecule has 84 valence electrons. The highest BCUT2D eigenvalue weighted by Gasteiger charge is 2.34. The quantitative estimate of drug-likeness (QED) is 0.546. The number of hydrogen-bond donors (Lipinski definition) is 0. The second-order valence-electron chi connectivity index (χ2n) is 4.48. The maximum absolute atomic E-state index is 5.94. The molecular formula is C12H23IO. The molecule has 1 saturated carbocycles. The van der Waals surface area contributed by atoms with E-state index in [0.29, 0.717) is 0 Å². The van der Waals surface area contributed by atoms with Gasteiger partial charge in [-0.05, 0) is 38.5 Å². The van der Waals surface area contributed by atoms with Crippen molar-refractivity contribution in [3.8, 4) is 0 Å². The second kappa shape index (κ2) is 6.31. The van der Waals surface area contributed by atoms with E-state index >= 15 is 0 Å². The molecule has 0 amide bonds. The Hall–Kier alpha value is 0.690. The van der Waals surface area contributed by atoms with Crippen LogP contribution in [0.1, 0.15) is 52.4 Å². The van der Waals surface area contributed by atoms with Crippen LogP contribution in [-0.4, -0.2) is 16.6 Å². The smallest absolute Gasteiger partial charge is 0.0771 e. The van der Waals surface area contributed by atoms with Gasteiger partial charge in [-0.2, -0.15) is 0 Å². The molecule has 0 aliphatic heterocycles. The van der Waals surface area contributed by atoms with Crippen LogP contribution in [0.5, 0.6) is 0 Å². The summed E-state index contributed by atoms with van der Waals surface area (Å²) in [5.74, 6) is 0.983. The average molecular weight is 310 g/mol. The minimum absolute atomic E-state index is 0.236. The molecule has 0 spiro atoms. The van der Waals surface area contributed by atoms with Crippen LogP contribution in [0.4, 0.5) is 0 Å². The number of halogens is 1. The highest BCUT2D eigenvalue weighted by atomic mass is 127.